The summed E-state index contributed by atoms with van der Waals surface area (Å²) in [6.45, 7) is 0.396. The topological polar surface area (TPSA) is 292 Å². The van der Waals surface area contributed by atoms with Crippen molar-refractivity contribution in [1.82, 2.24) is 15.5 Å². The average Bonchev–Trinajstić information content (AvgIpc) is 3.07. The highest BCUT2D eigenvalue weighted by Crippen LogP contribution is 2.29. The fourth-order valence-corrected chi connectivity index (χ4v) is 5.81. The molecule has 0 saturated carbocycles. The molecule has 0 unspecified atom stereocenters. The number of rotatable bonds is 14. The van der Waals surface area contributed by atoms with Crippen LogP contribution in [0.1, 0.15) is 43.2 Å². The number of nitrogens with one attached hydrogen (secondary N) is 2. The number of phenolic OH excluding ortho intramolecular Hbond substituents is 1. The van der Waals surface area contributed by atoms with Crippen LogP contribution in [0.5, 0.6) is 5.75 Å². The van der Waals surface area contributed by atoms with Gasteiger partial charge < -0.3 is 60.1 Å². The summed E-state index contributed by atoms with van der Waals surface area (Å²) < 4.78 is 0. The van der Waals surface area contributed by atoms with Gasteiger partial charge in [0.15, 0.2) is 0 Å². The van der Waals surface area contributed by atoms with Crippen molar-refractivity contribution in [2.24, 2.45) is 34.4 Å². The second-order valence-corrected chi connectivity index (χ2v) is 12.3. The Hall–Kier alpha value is -4.12. The zero-order valence-electron chi connectivity index (χ0n) is 27.2. The lowest BCUT2D eigenvalue weighted by molar-refractivity contribution is -0.150. The second-order valence-electron chi connectivity index (χ2n) is 12.3. The highest BCUT2D eigenvalue weighted by Gasteiger charge is 2.42. The van der Waals surface area contributed by atoms with Crippen molar-refractivity contribution in [2.45, 2.75) is 81.3 Å². The third-order valence-corrected chi connectivity index (χ3v) is 8.49. The summed E-state index contributed by atoms with van der Waals surface area (Å²) in [6.07, 6.45) is -0.290. The third-order valence-electron chi connectivity index (χ3n) is 8.49. The maximum absolute atomic E-state index is 14.5. The van der Waals surface area contributed by atoms with Gasteiger partial charge in [-0.15, -0.1) is 0 Å². The van der Waals surface area contributed by atoms with Crippen LogP contribution in [0, 0.1) is 0 Å². The SMILES string of the molecule is NCCC[C@H](N)CNC(=O)[C@H](CCCN)N1C(=O)[C@@H](N)Cc2cc(ccc2O)-c2cccc(c2)C[C@@H](C(N)=O)NC(=O)[C@@H]1C[C@@H](O)CN. The maximum atomic E-state index is 14.5. The number of benzene rings is 2. The van der Waals surface area contributed by atoms with Crippen LogP contribution in [-0.2, 0) is 32.0 Å². The minimum absolute atomic E-state index is 0.0112. The molecule has 15 heteroatoms. The molecular weight excluding hydrogens is 618 g/mol. The number of hydrogen-bond donors (Lipinski definition) is 10. The van der Waals surface area contributed by atoms with E-state index in [0.717, 1.165) is 10.5 Å². The molecule has 3 rings (SSSR count). The van der Waals surface area contributed by atoms with E-state index >= 15 is 0 Å². The number of carbonyl (C=O) groups is 4. The van der Waals surface area contributed by atoms with Gasteiger partial charge in [-0.3, -0.25) is 19.2 Å². The molecule has 48 heavy (non-hydrogen) atoms. The van der Waals surface area contributed by atoms with Gasteiger partial charge in [0.2, 0.25) is 23.6 Å². The minimum atomic E-state index is -1.51. The highest BCUT2D eigenvalue weighted by molar-refractivity contribution is 5.96. The Balaban J connectivity index is 2.19. The molecule has 1 aliphatic rings. The van der Waals surface area contributed by atoms with Gasteiger partial charge in [-0.1, -0.05) is 30.3 Å². The molecule has 6 atom stereocenters. The number of aliphatic hydroxyl groups is 1. The van der Waals surface area contributed by atoms with Crippen molar-refractivity contribution in [2.75, 3.05) is 26.2 Å². The van der Waals surface area contributed by atoms with Gasteiger partial charge in [-0.2, -0.15) is 0 Å². The Morgan fingerprint density at radius 2 is 1.69 bits per heavy atom. The molecule has 2 aromatic carbocycles. The molecular formula is C33H51N9O6. The lowest BCUT2D eigenvalue weighted by atomic mass is 9.95. The van der Waals surface area contributed by atoms with Crippen molar-refractivity contribution in [1.29, 1.82) is 0 Å². The van der Waals surface area contributed by atoms with E-state index in [9.17, 15) is 29.4 Å². The van der Waals surface area contributed by atoms with E-state index in [1.807, 2.05) is 12.1 Å². The fraction of sp³-hybridized carbons (Fsp3) is 0.515. The number of hydrogen-bond acceptors (Lipinski definition) is 11. The van der Waals surface area contributed by atoms with E-state index in [-0.39, 0.29) is 57.5 Å². The van der Waals surface area contributed by atoms with Crippen molar-refractivity contribution in [3.05, 3.63) is 53.6 Å². The highest BCUT2D eigenvalue weighted by atomic mass is 16.3. The molecule has 16 N–H and O–H groups in total. The lowest BCUT2D eigenvalue weighted by Crippen LogP contribution is -2.64. The smallest absolute Gasteiger partial charge is 0.243 e. The normalized spacial score (nSPS) is 20.5. The molecule has 4 bridgehead atoms. The number of amides is 4. The summed E-state index contributed by atoms with van der Waals surface area (Å²) >= 11 is 0. The first-order chi connectivity index (χ1) is 22.9. The molecule has 0 aliphatic carbocycles. The first-order valence-electron chi connectivity index (χ1n) is 16.3. The number of aliphatic hydroxyl groups excluding tert-OH is 1. The van der Waals surface area contributed by atoms with Gasteiger partial charge in [0, 0.05) is 38.4 Å². The Morgan fingerprint density at radius 3 is 2.35 bits per heavy atom. The van der Waals surface area contributed by atoms with Gasteiger partial charge in [0.25, 0.3) is 0 Å². The predicted molar refractivity (Wildman–Crippen MR) is 182 cm³/mol. The molecule has 0 fully saturated rings. The van der Waals surface area contributed by atoms with Crippen molar-refractivity contribution < 1.29 is 29.4 Å². The second kappa shape index (κ2) is 18.4. The number of nitrogens with zero attached hydrogens (tertiary/aromatic N) is 1. The van der Waals surface area contributed by atoms with E-state index in [0.29, 0.717) is 36.1 Å². The van der Waals surface area contributed by atoms with Crippen LogP contribution in [-0.4, -0.2) is 101 Å². The molecule has 0 spiro atoms. The van der Waals surface area contributed by atoms with Crippen molar-refractivity contribution in [3.63, 3.8) is 0 Å². The van der Waals surface area contributed by atoms with Crippen molar-refractivity contribution in [3.8, 4) is 16.9 Å². The van der Waals surface area contributed by atoms with Crippen LogP contribution in [0.2, 0.25) is 0 Å². The average molecular weight is 670 g/mol. The molecule has 0 aromatic heterocycles. The first-order valence-corrected chi connectivity index (χ1v) is 16.3. The standard InChI is InChI=1S/C33H51N9O6/c34-10-2-6-23(37)18-40-31(46)27(7-3-11-35)42-28(16-24(43)17-36)32(47)41-26(30(39)45)13-19-4-1-5-20(12-19)21-8-9-29(44)22(14-21)15-25(38)33(42)48/h1,4-5,8-9,12,14,23-28,43-44H,2-3,6-7,10-11,13,15-18,34-38H2,(H2,39,45)(H,40,46)(H,41,47)/t23-,24+,25-,26-,27-,28-/m0/s1. The van der Waals surface area contributed by atoms with Crippen LogP contribution in [0.4, 0.5) is 0 Å². The van der Waals surface area contributed by atoms with Gasteiger partial charge in [-0.25, -0.2) is 0 Å². The summed E-state index contributed by atoms with van der Waals surface area (Å²) in [6, 6.07) is 6.36. The van der Waals surface area contributed by atoms with Gasteiger partial charge >= 0.3 is 0 Å². The van der Waals surface area contributed by atoms with Crippen molar-refractivity contribution >= 4 is 23.6 Å². The summed E-state index contributed by atoms with van der Waals surface area (Å²) in [5, 5.41) is 26.9. The van der Waals surface area contributed by atoms with E-state index in [1.54, 1.807) is 24.3 Å². The van der Waals surface area contributed by atoms with Gasteiger partial charge in [0.1, 0.15) is 23.9 Å². The van der Waals surface area contributed by atoms with Crippen LogP contribution in [0.15, 0.2) is 42.5 Å². The van der Waals surface area contributed by atoms with Crippen LogP contribution >= 0.6 is 0 Å². The van der Waals surface area contributed by atoms with E-state index in [1.165, 1.54) is 6.07 Å². The Bertz CT molecular complexity index is 1410. The Kier molecular flexibility index (Phi) is 14.7. The number of nitrogens with two attached hydrogens (primary N) is 6. The largest absolute Gasteiger partial charge is 0.508 e. The molecule has 1 aliphatic heterocycles. The molecule has 1 heterocycles. The van der Waals surface area contributed by atoms with Crippen LogP contribution in [0.3, 0.4) is 0 Å². The summed E-state index contributed by atoms with van der Waals surface area (Å²) in [5.41, 5.74) is 38.1. The number of primary amides is 1. The summed E-state index contributed by atoms with van der Waals surface area (Å²) in [7, 11) is 0. The van der Waals surface area contributed by atoms with Crippen LogP contribution < -0.4 is 45.0 Å². The number of carbonyl (C=O) groups excluding carboxylic acids is 4. The Labute approximate surface area is 280 Å². The molecule has 4 amide bonds. The summed E-state index contributed by atoms with van der Waals surface area (Å²) in [5.74, 6) is -3.19. The summed E-state index contributed by atoms with van der Waals surface area (Å²) in [4.78, 5) is 56.2. The molecule has 0 radical (unpaired) electrons. The molecule has 0 saturated heterocycles. The third kappa shape index (κ3) is 10.4. The molecule has 15 nitrogen and oxygen atoms in total. The van der Waals surface area contributed by atoms with Gasteiger partial charge in [-0.05, 0) is 73.2 Å². The zero-order chi connectivity index (χ0) is 35.4. The van der Waals surface area contributed by atoms with Gasteiger partial charge in [0.05, 0.1) is 12.1 Å². The zero-order valence-corrected chi connectivity index (χ0v) is 27.2. The number of fused-ring (bicyclic) bond motifs is 5. The fourth-order valence-electron chi connectivity index (χ4n) is 5.81. The monoisotopic (exact) mass is 669 g/mol. The number of phenols is 1. The first kappa shape index (κ1) is 38.3. The Morgan fingerprint density at radius 1 is 1.00 bits per heavy atom. The maximum Gasteiger partial charge on any atom is 0.243 e. The molecule has 2 aromatic rings. The number of aromatic hydroxyl groups is 1. The lowest BCUT2D eigenvalue weighted by Gasteiger charge is -2.39. The van der Waals surface area contributed by atoms with E-state index in [4.69, 9.17) is 34.4 Å². The molecule has 264 valence electrons. The van der Waals surface area contributed by atoms with E-state index < -0.39 is 59.9 Å². The van der Waals surface area contributed by atoms with E-state index in [2.05, 4.69) is 10.6 Å². The predicted octanol–water partition coefficient (Wildman–Crippen LogP) is -2.35. The minimum Gasteiger partial charge on any atom is -0.508 e. The quantitative estimate of drug-likeness (QED) is 0.102. The van der Waals surface area contributed by atoms with Crippen LogP contribution in [0.25, 0.3) is 11.1 Å².